The second-order valence-corrected chi connectivity index (χ2v) is 1.63. The van der Waals surface area contributed by atoms with Gasteiger partial charge < -0.3 is 0 Å². The first-order chi connectivity index (χ1) is 2.94. The summed E-state index contributed by atoms with van der Waals surface area (Å²) in [6, 6.07) is 0. The maximum Gasteiger partial charge on any atom is 0.296 e. The summed E-state index contributed by atoms with van der Waals surface area (Å²) in [7, 11) is 0. The van der Waals surface area contributed by atoms with Crippen LogP contribution in [0.2, 0.25) is 0 Å². The van der Waals surface area contributed by atoms with Crippen LogP contribution in [0.1, 0.15) is 6.92 Å². The lowest BCUT2D eigenvalue weighted by molar-refractivity contribution is 0.102. The van der Waals surface area contributed by atoms with Crippen LogP contribution in [0.5, 0.6) is 0 Å². The van der Waals surface area contributed by atoms with E-state index in [1.807, 2.05) is 0 Å². The van der Waals surface area contributed by atoms with Crippen molar-refractivity contribution in [3.05, 3.63) is 0 Å². The van der Waals surface area contributed by atoms with Crippen LogP contribution in [0.25, 0.3) is 0 Å². The molecule has 0 saturated heterocycles. The maximum atomic E-state index is 11.5. The molecule has 0 spiro atoms. The van der Waals surface area contributed by atoms with E-state index in [4.69, 9.17) is 5.73 Å². The molecule has 1 nitrogen and oxygen atoms in total. The first-order valence-corrected chi connectivity index (χ1v) is 1.99. The fourth-order valence-electron chi connectivity index (χ4n) is 0. The van der Waals surface area contributed by atoms with Crippen molar-refractivity contribution in [2.24, 2.45) is 0 Å². The number of alkyl halides is 2. The molecule has 7 heavy (non-hydrogen) atoms. The largest absolute Gasteiger partial charge is 0.296 e. The molecular weight excluding hydrogens is 120 g/mol. The van der Waals surface area contributed by atoms with Gasteiger partial charge in [0, 0.05) is 6.92 Å². The van der Waals surface area contributed by atoms with E-state index < -0.39 is 10.9 Å². The van der Waals surface area contributed by atoms with Gasteiger partial charge in [0.05, 0.1) is 0 Å². The summed E-state index contributed by atoms with van der Waals surface area (Å²) in [5.74, 6) is -3.10. The smallest absolute Gasteiger partial charge is 0.288 e. The molecule has 0 aromatic heterocycles. The Morgan fingerprint density at radius 1 is 1.71 bits per heavy atom. The van der Waals surface area contributed by atoms with Gasteiger partial charge in [-0.15, -0.1) is 0 Å². The SMILES string of the molecule is CC(F)(F)C([NH])=S. The summed E-state index contributed by atoms with van der Waals surface area (Å²) < 4.78 is 23.0. The van der Waals surface area contributed by atoms with E-state index in [1.54, 1.807) is 0 Å². The molecular formula is C3H4F2NS. The Bertz CT molecular complexity index is 85.4. The first kappa shape index (κ1) is 6.75. The van der Waals surface area contributed by atoms with E-state index in [9.17, 15) is 8.78 Å². The molecule has 0 rings (SSSR count). The number of nitrogens with one attached hydrogen (secondary N) is 1. The van der Waals surface area contributed by atoms with E-state index in [0.717, 1.165) is 0 Å². The van der Waals surface area contributed by atoms with Crippen LogP contribution in [-0.2, 0) is 0 Å². The number of halogens is 2. The number of thiocarbonyl (C=S) groups is 1. The normalized spacial score (nSPS) is 11.3. The molecule has 0 aliphatic carbocycles. The minimum Gasteiger partial charge on any atom is -0.288 e. The van der Waals surface area contributed by atoms with Gasteiger partial charge in [0.15, 0.2) is 4.99 Å². The Hall–Kier alpha value is -0.250. The molecule has 0 saturated carbocycles. The lowest BCUT2D eigenvalue weighted by Crippen LogP contribution is -2.22. The molecule has 0 aromatic rings. The standard InChI is InChI=1S/C3H4F2NS/c1-3(4,5)2(6)7/h6H,1H3. The molecule has 0 aliphatic rings. The third-order valence-corrected chi connectivity index (χ3v) is 0.757. The highest BCUT2D eigenvalue weighted by molar-refractivity contribution is 7.80. The fourth-order valence-corrected chi connectivity index (χ4v) is 0. The lowest BCUT2D eigenvalue weighted by atomic mass is 10.4. The average Bonchev–Trinajstić information content (AvgIpc) is 1.31. The monoisotopic (exact) mass is 124 g/mol. The Morgan fingerprint density at radius 2 is 1.86 bits per heavy atom. The van der Waals surface area contributed by atoms with Gasteiger partial charge in [-0.25, -0.2) is 0 Å². The molecule has 41 valence electrons. The zero-order valence-electron chi connectivity index (χ0n) is 3.66. The molecule has 0 unspecified atom stereocenters. The van der Waals surface area contributed by atoms with Crippen LogP contribution in [-0.4, -0.2) is 10.9 Å². The van der Waals surface area contributed by atoms with Crippen LogP contribution in [0.4, 0.5) is 8.78 Å². The van der Waals surface area contributed by atoms with Crippen LogP contribution in [0.15, 0.2) is 0 Å². The summed E-state index contributed by atoms with van der Waals surface area (Å²) in [6.07, 6.45) is 0. The summed E-state index contributed by atoms with van der Waals surface area (Å²) in [5.41, 5.74) is 6.21. The quantitative estimate of drug-likeness (QED) is 0.482. The second-order valence-electron chi connectivity index (χ2n) is 1.22. The van der Waals surface area contributed by atoms with Crippen molar-refractivity contribution < 1.29 is 8.78 Å². The van der Waals surface area contributed by atoms with Crippen molar-refractivity contribution >= 4 is 17.2 Å². The van der Waals surface area contributed by atoms with Crippen LogP contribution >= 0.6 is 12.2 Å². The van der Waals surface area contributed by atoms with Gasteiger partial charge in [0.2, 0.25) is 0 Å². The Balaban J connectivity index is 3.79. The lowest BCUT2D eigenvalue weighted by Gasteiger charge is -2.02. The Kier molecular flexibility index (Phi) is 1.63. The summed E-state index contributed by atoms with van der Waals surface area (Å²) in [6.45, 7) is 0.600. The van der Waals surface area contributed by atoms with Crippen molar-refractivity contribution in [3.63, 3.8) is 0 Å². The fraction of sp³-hybridized carbons (Fsp3) is 0.667. The molecule has 0 atom stereocenters. The molecule has 0 fully saturated rings. The van der Waals surface area contributed by atoms with E-state index in [0.29, 0.717) is 6.92 Å². The molecule has 0 amide bonds. The Morgan fingerprint density at radius 3 is 1.86 bits per heavy atom. The second kappa shape index (κ2) is 1.69. The third kappa shape index (κ3) is 2.45. The molecule has 0 aromatic carbocycles. The van der Waals surface area contributed by atoms with Crippen molar-refractivity contribution in [2.75, 3.05) is 0 Å². The van der Waals surface area contributed by atoms with Crippen LogP contribution < -0.4 is 5.73 Å². The van der Waals surface area contributed by atoms with Gasteiger partial charge in [-0.3, -0.25) is 5.73 Å². The summed E-state index contributed by atoms with van der Waals surface area (Å²) >= 11 is 3.85. The van der Waals surface area contributed by atoms with Crippen molar-refractivity contribution in [1.82, 2.24) is 5.73 Å². The van der Waals surface area contributed by atoms with Gasteiger partial charge in [0.1, 0.15) is 0 Å². The average molecular weight is 124 g/mol. The van der Waals surface area contributed by atoms with E-state index in [2.05, 4.69) is 12.2 Å². The van der Waals surface area contributed by atoms with E-state index >= 15 is 0 Å². The topological polar surface area (TPSA) is 23.8 Å². The van der Waals surface area contributed by atoms with Crippen molar-refractivity contribution in [1.29, 1.82) is 0 Å². The highest BCUT2D eigenvalue weighted by atomic mass is 32.1. The first-order valence-electron chi connectivity index (χ1n) is 1.58. The maximum absolute atomic E-state index is 11.5. The zero-order chi connectivity index (χ0) is 6.08. The highest BCUT2D eigenvalue weighted by Gasteiger charge is 2.25. The zero-order valence-corrected chi connectivity index (χ0v) is 4.48. The molecule has 1 N–H and O–H groups in total. The van der Waals surface area contributed by atoms with Crippen molar-refractivity contribution in [3.8, 4) is 0 Å². The predicted octanol–water partition coefficient (Wildman–Crippen LogP) is 1.25. The number of hydrogen-bond acceptors (Lipinski definition) is 1. The third-order valence-electron chi connectivity index (χ3n) is 0.399. The van der Waals surface area contributed by atoms with Gasteiger partial charge in [-0.1, -0.05) is 12.2 Å². The number of hydrogen-bond donors (Lipinski definition) is 0. The minimum absolute atomic E-state index is 0.600. The highest BCUT2D eigenvalue weighted by Crippen LogP contribution is 2.10. The molecule has 0 bridgehead atoms. The minimum atomic E-state index is -3.10. The van der Waals surface area contributed by atoms with Gasteiger partial charge in [0.25, 0.3) is 5.92 Å². The van der Waals surface area contributed by atoms with Crippen LogP contribution in [0, 0.1) is 0 Å². The van der Waals surface area contributed by atoms with Crippen molar-refractivity contribution in [2.45, 2.75) is 12.8 Å². The molecule has 4 heteroatoms. The van der Waals surface area contributed by atoms with E-state index in [1.165, 1.54) is 0 Å². The van der Waals surface area contributed by atoms with Gasteiger partial charge >= 0.3 is 0 Å². The Labute approximate surface area is 45.5 Å². The van der Waals surface area contributed by atoms with Gasteiger partial charge in [-0.05, 0) is 0 Å². The summed E-state index contributed by atoms with van der Waals surface area (Å²) in [5, 5.41) is 0. The van der Waals surface area contributed by atoms with E-state index in [-0.39, 0.29) is 0 Å². The number of rotatable bonds is 1. The summed E-state index contributed by atoms with van der Waals surface area (Å²) in [4.78, 5) is -1.01. The van der Waals surface area contributed by atoms with Gasteiger partial charge in [-0.2, -0.15) is 8.78 Å². The molecule has 0 aliphatic heterocycles. The molecule has 1 radical (unpaired) electrons. The van der Waals surface area contributed by atoms with Crippen LogP contribution in [0.3, 0.4) is 0 Å². The predicted molar refractivity (Wildman–Crippen MR) is 26.3 cm³/mol. The molecule has 0 heterocycles.